The van der Waals surface area contributed by atoms with E-state index in [4.69, 9.17) is 5.26 Å². The van der Waals surface area contributed by atoms with Crippen molar-refractivity contribution in [1.29, 1.82) is 10.5 Å². The number of nitrogens with zero attached hydrogens (tertiary/aromatic N) is 3. The first-order chi connectivity index (χ1) is 7.70. The Bertz CT molecular complexity index is 313. The van der Waals surface area contributed by atoms with Gasteiger partial charge in [-0.1, -0.05) is 32.9 Å². The number of likely N-dealkylation sites (N-methyl/N-ethyl adjacent to an activating group) is 1. The molecule has 0 aliphatic carbocycles. The first kappa shape index (κ1) is 14.3. The van der Waals surface area contributed by atoms with Crippen LogP contribution in [0.15, 0.2) is 17.6 Å². The summed E-state index contributed by atoms with van der Waals surface area (Å²) in [5, 5.41) is 21.4. The molecule has 2 unspecified atom stereocenters. The van der Waals surface area contributed by atoms with Crippen molar-refractivity contribution in [3.63, 3.8) is 0 Å². The van der Waals surface area contributed by atoms with Gasteiger partial charge in [-0.05, 0) is 13.0 Å². The lowest BCUT2D eigenvalue weighted by Crippen LogP contribution is -2.52. The summed E-state index contributed by atoms with van der Waals surface area (Å²) < 4.78 is 0. The van der Waals surface area contributed by atoms with Crippen LogP contribution in [0.3, 0.4) is 0 Å². The number of nitrogens with one attached hydrogen (secondary N) is 1. The van der Waals surface area contributed by atoms with E-state index in [2.05, 4.69) is 29.0 Å². The zero-order chi connectivity index (χ0) is 12.4. The van der Waals surface area contributed by atoms with Gasteiger partial charge in [0.2, 0.25) is 0 Å². The molecule has 0 aromatic rings. The van der Waals surface area contributed by atoms with Crippen LogP contribution in [0, 0.1) is 22.7 Å². The molecule has 0 rings (SSSR count). The van der Waals surface area contributed by atoms with Crippen LogP contribution in [0.4, 0.5) is 0 Å². The largest absolute Gasteiger partial charge is 0.297 e. The summed E-state index contributed by atoms with van der Waals surface area (Å²) in [6.45, 7) is 8.03. The topological polar surface area (TPSA) is 72.0 Å². The van der Waals surface area contributed by atoms with E-state index in [-0.39, 0.29) is 0 Å². The average Bonchev–Trinajstić information content (AvgIpc) is 2.30. The lowest BCUT2D eigenvalue weighted by molar-refractivity contribution is 0.362. The molecule has 4 nitrogen and oxygen atoms in total. The molecule has 0 aromatic heterocycles. The molecule has 0 amide bonds. The van der Waals surface area contributed by atoms with E-state index in [1.165, 1.54) is 12.3 Å². The fourth-order valence-corrected chi connectivity index (χ4v) is 1.61. The van der Waals surface area contributed by atoms with Gasteiger partial charge in [0.1, 0.15) is 5.54 Å². The molecular formula is C12H18N4. The Morgan fingerprint density at radius 3 is 2.56 bits per heavy atom. The van der Waals surface area contributed by atoms with Crippen molar-refractivity contribution in [3.8, 4) is 12.1 Å². The van der Waals surface area contributed by atoms with Crippen LogP contribution in [-0.2, 0) is 0 Å². The van der Waals surface area contributed by atoms with E-state index < -0.39 is 11.6 Å². The number of rotatable bonds is 7. The van der Waals surface area contributed by atoms with Crippen molar-refractivity contribution >= 4 is 6.21 Å². The number of hydrogen-bond donors (Lipinski definition) is 1. The smallest absolute Gasteiger partial charge is 0.167 e. The second-order valence-electron chi connectivity index (χ2n) is 3.43. The number of hydrogen-bond acceptors (Lipinski definition) is 4. The number of aliphatic imine (C=N–C) groups is 1. The Kier molecular flexibility index (Phi) is 6.83. The maximum Gasteiger partial charge on any atom is 0.167 e. The third-order valence-electron chi connectivity index (χ3n) is 2.27. The van der Waals surface area contributed by atoms with Crippen LogP contribution in [0.2, 0.25) is 0 Å². The first-order valence-electron chi connectivity index (χ1n) is 5.40. The van der Waals surface area contributed by atoms with E-state index in [0.717, 1.165) is 6.42 Å². The first-order valence-corrected chi connectivity index (χ1v) is 5.40. The van der Waals surface area contributed by atoms with Gasteiger partial charge >= 0.3 is 0 Å². The van der Waals surface area contributed by atoms with Gasteiger partial charge in [-0.2, -0.15) is 10.5 Å². The summed E-state index contributed by atoms with van der Waals surface area (Å²) in [6.07, 6.45) is 4.39. The zero-order valence-electron chi connectivity index (χ0n) is 9.90. The van der Waals surface area contributed by atoms with Crippen molar-refractivity contribution < 1.29 is 0 Å². The second-order valence-corrected chi connectivity index (χ2v) is 3.43. The van der Waals surface area contributed by atoms with Crippen molar-refractivity contribution in [2.24, 2.45) is 4.99 Å². The van der Waals surface area contributed by atoms with Gasteiger partial charge in [0, 0.05) is 6.21 Å². The van der Waals surface area contributed by atoms with Crippen LogP contribution >= 0.6 is 0 Å². The summed E-state index contributed by atoms with van der Waals surface area (Å²) in [5.41, 5.74) is -0.891. The third kappa shape index (κ3) is 3.49. The minimum Gasteiger partial charge on any atom is -0.297 e. The number of nitriles is 2. The van der Waals surface area contributed by atoms with E-state index in [1.54, 1.807) is 0 Å². The molecule has 4 heteroatoms. The SMILES string of the molecule is C=CC=NC(C#N)C(C#N)(CCC)NCC. The Labute approximate surface area is 97.3 Å². The molecule has 0 aliphatic heterocycles. The van der Waals surface area contributed by atoms with Crippen LogP contribution in [0.5, 0.6) is 0 Å². The molecule has 0 bridgehead atoms. The van der Waals surface area contributed by atoms with E-state index >= 15 is 0 Å². The second kappa shape index (κ2) is 7.62. The van der Waals surface area contributed by atoms with Gasteiger partial charge in [-0.15, -0.1) is 0 Å². The normalized spacial score (nSPS) is 16.0. The van der Waals surface area contributed by atoms with Crippen LogP contribution in [0.1, 0.15) is 26.7 Å². The van der Waals surface area contributed by atoms with Crippen LogP contribution in [-0.4, -0.2) is 24.3 Å². The fraction of sp³-hybridized carbons (Fsp3) is 0.583. The fourth-order valence-electron chi connectivity index (χ4n) is 1.61. The van der Waals surface area contributed by atoms with Crippen molar-refractivity contribution in [2.75, 3.05) is 6.54 Å². The van der Waals surface area contributed by atoms with Gasteiger partial charge in [0.25, 0.3) is 0 Å². The van der Waals surface area contributed by atoms with Crippen LogP contribution < -0.4 is 5.32 Å². The van der Waals surface area contributed by atoms with Gasteiger partial charge in [0.05, 0.1) is 12.1 Å². The predicted octanol–water partition coefficient (Wildman–Crippen LogP) is 1.81. The zero-order valence-corrected chi connectivity index (χ0v) is 9.90. The van der Waals surface area contributed by atoms with Gasteiger partial charge < -0.3 is 0 Å². The Hall–Kier alpha value is -1.65. The molecule has 0 fully saturated rings. The van der Waals surface area contributed by atoms with Crippen molar-refractivity contribution in [3.05, 3.63) is 12.7 Å². The maximum atomic E-state index is 9.28. The summed E-state index contributed by atoms with van der Waals surface area (Å²) in [5.74, 6) is 0. The standard InChI is InChI=1S/C12H18N4/c1-4-7-12(10-14,16-6-3)11(9-13)15-8-5-2/h5,8,11,16H,2,4,6-7H2,1,3H3. The third-order valence-corrected chi connectivity index (χ3v) is 2.27. The number of allylic oxidation sites excluding steroid dienone is 1. The highest BCUT2D eigenvalue weighted by Gasteiger charge is 2.37. The van der Waals surface area contributed by atoms with Gasteiger partial charge in [0.15, 0.2) is 6.04 Å². The summed E-state index contributed by atoms with van der Waals surface area (Å²) in [7, 11) is 0. The van der Waals surface area contributed by atoms with Crippen LogP contribution in [0.25, 0.3) is 0 Å². The van der Waals surface area contributed by atoms with E-state index in [1.807, 2.05) is 13.8 Å². The molecule has 0 heterocycles. The summed E-state index contributed by atoms with van der Waals surface area (Å²) in [6, 6.07) is 3.56. The van der Waals surface area contributed by atoms with Crippen molar-refractivity contribution in [2.45, 2.75) is 38.3 Å². The van der Waals surface area contributed by atoms with E-state index in [0.29, 0.717) is 13.0 Å². The van der Waals surface area contributed by atoms with Gasteiger partial charge in [-0.3, -0.25) is 10.3 Å². The highest BCUT2D eigenvalue weighted by Crippen LogP contribution is 2.19. The molecule has 2 atom stereocenters. The quantitative estimate of drug-likeness (QED) is 0.662. The molecule has 0 spiro atoms. The molecule has 0 saturated carbocycles. The van der Waals surface area contributed by atoms with Crippen molar-refractivity contribution in [1.82, 2.24) is 5.32 Å². The Morgan fingerprint density at radius 1 is 1.50 bits per heavy atom. The monoisotopic (exact) mass is 218 g/mol. The summed E-state index contributed by atoms with van der Waals surface area (Å²) in [4.78, 5) is 4.05. The molecule has 1 N–H and O–H groups in total. The molecule has 0 aromatic carbocycles. The molecule has 86 valence electrons. The minimum atomic E-state index is -0.891. The lowest BCUT2D eigenvalue weighted by atomic mass is 9.87. The molecule has 0 aliphatic rings. The Balaban J connectivity index is 5.11. The highest BCUT2D eigenvalue weighted by molar-refractivity contribution is 5.70. The highest BCUT2D eigenvalue weighted by atomic mass is 15.0. The lowest BCUT2D eigenvalue weighted by Gasteiger charge is -2.29. The molecule has 0 radical (unpaired) electrons. The molecule has 16 heavy (non-hydrogen) atoms. The van der Waals surface area contributed by atoms with Gasteiger partial charge in [-0.25, -0.2) is 0 Å². The maximum absolute atomic E-state index is 9.28. The summed E-state index contributed by atoms with van der Waals surface area (Å²) >= 11 is 0. The predicted molar refractivity (Wildman–Crippen MR) is 65.0 cm³/mol. The van der Waals surface area contributed by atoms with E-state index in [9.17, 15) is 5.26 Å². The average molecular weight is 218 g/mol. The minimum absolute atomic E-state index is 0.601. The molecular weight excluding hydrogens is 200 g/mol. The molecule has 0 saturated heterocycles. The Morgan fingerprint density at radius 2 is 2.19 bits per heavy atom.